The molecule has 1 nitrogen and oxygen atoms in total. The standard InChI is InChI=1S/C8H5OS/c1-3-9-5-7(1)8-2-4-10-6-8/h1-2,4-6H. The summed E-state index contributed by atoms with van der Waals surface area (Å²) in [6.45, 7) is 0. The lowest BCUT2D eigenvalue weighted by Crippen LogP contribution is -1.61. The van der Waals surface area contributed by atoms with E-state index in [1.54, 1.807) is 17.6 Å². The van der Waals surface area contributed by atoms with E-state index in [4.69, 9.17) is 4.42 Å². The first-order valence-corrected chi connectivity index (χ1v) is 3.88. The number of hydrogen-bond donors (Lipinski definition) is 0. The van der Waals surface area contributed by atoms with Crippen LogP contribution in [0, 0.1) is 6.26 Å². The Bertz CT molecular complexity index is 249. The van der Waals surface area contributed by atoms with Gasteiger partial charge in [0.1, 0.15) is 0 Å². The molecule has 0 atom stereocenters. The minimum absolute atomic E-state index is 1.10. The van der Waals surface area contributed by atoms with Crippen LogP contribution in [0.4, 0.5) is 0 Å². The Hall–Kier alpha value is -1.02. The molecule has 0 fully saturated rings. The van der Waals surface area contributed by atoms with Crippen LogP contribution in [-0.4, -0.2) is 0 Å². The maximum absolute atomic E-state index is 4.82. The molecule has 0 bridgehead atoms. The van der Waals surface area contributed by atoms with E-state index in [1.807, 2.05) is 11.4 Å². The van der Waals surface area contributed by atoms with E-state index in [9.17, 15) is 0 Å². The van der Waals surface area contributed by atoms with Crippen LogP contribution >= 0.6 is 11.3 Å². The second kappa shape index (κ2) is 2.31. The van der Waals surface area contributed by atoms with Gasteiger partial charge in [0.2, 0.25) is 0 Å². The fourth-order valence-electron chi connectivity index (χ4n) is 0.809. The van der Waals surface area contributed by atoms with Crippen LogP contribution in [0.5, 0.6) is 0 Å². The molecule has 0 aliphatic carbocycles. The van der Waals surface area contributed by atoms with E-state index in [0.29, 0.717) is 0 Å². The summed E-state index contributed by atoms with van der Waals surface area (Å²) in [6.07, 6.45) is 4.34. The molecule has 0 spiro atoms. The summed E-state index contributed by atoms with van der Waals surface area (Å²) in [4.78, 5) is 0. The van der Waals surface area contributed by atoms with Gasteiger partial charge in [-0.15, -0.1) is 0 Å². The molecule has 2 aromatic heterocycles. The van der Waals surface area contributed by atoms with Crippen molar-refractivity contribution in [1.29, 1.82) is 0 Å². The second-order valence-corrected chi connectivity index (χ2v) is 2.75. The summed E-state index contributed by atoms with van der Waals surface area (Å²) in [7, 11) is 0. The van der Waals surface area contributed by atoms with Crippen molar-refractivity contribution < 1.29 is 4.42 Å². The predicted molar refractivity (Wildman–Crippen MR) is 40.9 cm³/mol. The Balaban J connectivity index is 2.48. The quantitative estimate of drug-likeness (QED) is 0.607. The summed E-state index contributed by atoms with van der Waals surface area (Å²) >= 11 is 1.68. The summed E-state index contributed by atoms with van der Waals surface area (Å²) < 4.78 is 4.82. The smallest absolute Gasteiger partial charge is 0.169 e. The van der Waals surface area contributed by atoms with E-state index in [-0.39, 0.29) is 0 Å². The van der Waals surface area contributed by atoms with Gasteiger partial charge in [0, 0.05) is 5.56 Å². The molecule has 0 saturated heterocycles. The fraction of sp³-hybridized carbons (Fsp3) is 0. The first-order valence-electron chi connectivity index (χ1n) is 2.94. The zero-order valence-electron chi connectivity index (χ0n) is 5.20. The molecule has 2 heterocycles. The third kappa shape index (κ3) is 0.866. The fourth-order valence-corrected chi connectivity index (χ4v) is 1.47. The average molecular weight is 149 g/mol. The van der Waals surface area contributed by atoms with Crippen LogP contribution in [-0.2, 0) is 0 Å². The molecule has 0 saturated carbocycles. The van der Waals surface area contributed by atoms with E-state index in [0.717, 1.165) is 5.56 Å². The van der Waals surface area contributed by atoms with Crippen LogP contribution in [0.15, 0.2) is 33.6 Å². The summed E-state index contributed by atoms with van der Waals surface area (Å²) in [5.41, 5.74) is 2.30. The van der Waals surface area contributed by atoms with Crippen molar-refractivity contribution in [3.8, 4) is 11.1 Å². The van der Waals surface area contributed by atoms with Crippen molar-refractivity contribution in [2.75, 3.05) is 0 Å². The first-order chi connectivity index (χ1) is 4.97. The maximum atomic E-state index is 4.82. The average Bonchev–Trinajstić information content (AvgIpc) is 2.59. The summed E-state index contributed by atoms with van der Waals surface area (Å²) in [5, 5.41) is 4.13. The Labute approximate surface area is 62.9 Å². The molecule has 0 aliphatic heterocycles. The van der Waals surface area contributed by atoms with Crippen molar-refractivity contribution in [2.45, 2.75) is 0 Å². The van der Waals surface area contributed by atoms with Crippen molar-refractivity contribution >= 4 is 11.3 Å². The molecule has 10 heavy (non-hydrogen) atoms. The second-order valence-electron chi connectivity index (χ2n) is 1.97. The van der Waals surface area contributed by atoms with Gasteiger partial charge in [-0.05, 0) is 28.5 Å². The van der Waals surface area contributed by atoms with E-state index in [2.05, 4.69) is 17.7 Å². The van der Waals surface area contributed by atoms with Gasteiger partial charge < -0.3 is 4.42 Å². The minimum atomic E-state index is 1.10. The predicted octanol–water partition coefficient (Wildman–Crippen LogP) is 2.81. The maximum Gasteiger partial charge on any atom is 0.169 e. The minimum Gasteiger partial charge on any atom is -0.460 e. The molecule has 2 rings (SSSR count). The third-order valence-corrected chi connectivity index (χ3v) is 2.01. The monoisotopic (exact) mass is 149 g/mol. The van der Waals surface area contributed by atoms with E-state index in [1.165, 1.54) is 5.56 Å². The lowest BCUT2D eigenvalue weighted by Gasteiger charge is -1.84. The van der Waals surface area contributed by atoms with Gasteiger partial charge in [0.25, 0.3) is 0 Å². The van der Waals surface area contributed by atoms with Crippen molar-refractivity contribution in [1.82, 2.24) is 0 Å². The largest absolute Gasteiger partial charge is 0.460 e. The molecule has 49 valence electrons. The Morgan fingerprint density at radius 3 is 3.00 bits per heavy atom. The van der Waals surface area contributed by atoms with Gasteiger partial charge in [-0.25, -0.2) is 0 Å². The molecule has 2 aromatic rings. The molecular weight excluding hydrogens is 144 g/mol. The molecule has 0 amide bonds. The highest BCUT2D eigenvalue weighted by Gasteiger charge is 1.96. The van der Waals surface area contributed by atoms with Crippen LogP contribution in [0.25, 0.3) is 11.1 Å². The van der Waals surface area contributed by atoms with Crippen LogP contribution in [0.2, 0.25) is 0 Å². The topological polar surface area (TPSA) is 13.1 Å². The molecule has 0 unspecified atom stereocenters. The zero-order chi connectivity index (χ0) is 6.81. The SMILES string of the molecule is [c]1cc(-c2ccsc2)co1. The van der Waals surface area contributed by atoms with Crippen LogP contribution in [0.1, 0.15) is 0 Å². The van der Waals surface area contributed by atoms with Gasteiger partial charge in [-0.3, -0.25) is 0 Å². The lowest BCUT2D eigenvalue weighted by molar-refractivity contribution is 0.559. The number of hydrogen-bond acceptors (Lipinski definition) is 2. The Morgan fingerprint density at radius 2 is 2.40 bits per heavy atom. The van der Waals surface area contributed by atoms with Gasteiger partial charge in [0.15, 0.2) is 6.26 Å². The summed E-state index contributed by atoms with van der Waals surface area (Å²) in [6, 6.07) is 3.89. The van der Waals surface area contributed by atoms with Gasteiger partial charge >= 0.3 is 0 Å². The van der Waals surface area contributed by atoms with Gasteiger partial charge in [-0.2, -0.15) is 11.3 Å². The molecule has 2 heteroatoms. The number of thiophene rings is 1. The summed E-state index contributed by atoms with van der Waals surface area (Å²) in [5.74, 6) is 0. The number of furan rings is 1. The third-order valence-electron chi connectivity index (χ3n) is 1.32. The highest BCUT2D eigenvalue weighted by atomic mass is 32.1. The van der Waals surface area contributed by atoms with Crippen molar-refractivity contribution in [2.24, 2.45) is 0 Å². The first kappa shape index (κ1) is 5.74. The highest BCUT2D eigenvalue weighted by Crippen LogP contribution is 2.21. The normalized spacial score (nSPS) is 10.0. The molecule has 0 N–H and O–H groups in total. The van der Waals surface area contributed by atoms with E-state index >= 15 is 0 Å². The molecule has 1 radical (unpaired) electrons. The molecular formula is C8H5OS. The van der Waals surface area contributed by atoms with Crippen molar-refractivity contribution in [3.63, 3.8) is 0 Å². The van der Waals surface area contributed by atoms with Crippen molar-refractivity contribution in [3.05, 3.63) is 35.4 Å². The van der Waals surface area contributed by atoms with Gasteiger partial charge in [0.05, 0.1) is 6.26 Å². The Kier molecular flexibility index (Phi) is 1.32. The number of rotatable bonds is 1. The molecule has 0 aliphatic rings. The van der Waals surface area contributed by atoms with Gasteiger partial charge in [-0.1, -0.05) is 0 Å². The zero-order valence-corrected chi connectivity index (χ0v) is 6.02. The highest BCUT2D eigenvalue weighted by molar-refractivity contribution is 7.08. The Morgan fingerprint density at radius 1 is 1.40 bits per heavy atom. The van der Waals surface area contributed by atoms with E-state index < -0.39 is 0 Å². The van der Waals surface area contributed by atoms with Crippen LogP contribution < -0.4 is 0 Å². The molecule has 0 aromatic carbocycles. The van der Waals surface area contributed by atoms with Crippen LogP contribution in [0.3, 0.4) is 0 Å². The lowest BCUT2D eigenvalue weighted by atomic mass is 10.2.